The van der Waals surface area contributed by atoms with Gasteiger partial charge in [-0.15, -0.1) is 0 Å². The van der Waals surface area contributed by atoms with E-state index in [1.54, 1.807) is 43.1 Å². The molecule has 0 radical (unpaired) electrons. The summed E-state index contributed by atoms with van der Waals surface area (Å²) in [6.45, 7) is 4.90. The largest absolute Gasteiger partial charge is 0.493 e. The molecule has 0 spiro atoms. The Labute approximate surface area is 244 Å². The summed E-state index contributed by atoms with van der Waals surface area (Å²) in [5, 5.41) is 5.98. The summed E-state index contributed by atoms with van der Waals surface area (Å²) in [7, 11) is 4.62. The van der Waals surface area contributed by atoms with E-state index >= 15 is 0 Å². The van der Waals surface area contributed by atoms with Crippen LogP contribution in [0.3, 0.4) is 0 Å². The van der Waals surface area contributed by atoms with E-state index in [1.165, 1.54) is 20.1 Å². The standard InChI is InChI=1S/C30H38N4O8/c1-6-42-30(38)34-13-11-33(12-14-34)26(37)17-31-23-10-8-20-21(16-24(23)36)22(32-18(2)35)9-7-19-15-25(39-3)28(40-4)29(41-5)27(19)20/h8,10,15-16,22H,6-7,9,11-14,17H2,1-5H3,(H,31,36)(H,32,35)/t22-/m0/s1. The molecule has 0 unspecified atom stereocenters. The summed E-state index contributed by atoms with van der Waals surface area (Å²) in [6, 6.07) is 6.41. The van der Waals surface area contributed by atoms with Crippen molar-refractivity contribution >= 4 is 23.6 Å². The van der Waals surface area contributed by atoms with Crippen molar-refractivity contribution in [3.63, 3.8) is 0 Å². The minimum absolute atomic E-state index is 0.0939. The van der Waals surface area contributed by atoms with Crippen LogP contribution in [-0.2, 0) is 20.7 Å². The van der Waals surface area contributed by atoms with Gasteiger partial charge in [-0.25, -0.2) is 4.79 Å². The van der Waals surface area contributed by atoms with E-state index in [-0.39, 0.29) is 35.6 Å². The molecule has 4 rings (SSSR count). The van der Waals surface area contributed by atoms with Gasteiger partial charge in [-0.2, -0.15) is 0 Å². The van der Waals surface area contributed by atoms with E-state index in [0.717, 1.165) is 11.1 Å². The number of methoxy groups -OCH3 is 3. The minimum Gasteiger partial charge on any atom is -0.493 e. The van der Waals surface area contributed by atoms with E-state index in [4.69, 9.17) is 18.9 Å². The van der Waals surface area contributed by atoms with Gasteiger partial charge in [-0.1, -0.05) is 6.07 Å². The number of anilines is 1. The van der Waals surface area contributed by atoms with Crippen LogP contribution in [0.1, 0.15) is 37.4 Å². The van der Waals surface area contributed by atoms with Crippen LogP contribution in [0.15, 0.2) is 29.1 Å². The molecular formula is C30H38N4O8. The van der Waals surface area contributed by atoms with Gasteiger partial charge < -0.3 is 39.4 Å². The summed E-state index contributed by atoms with van der Waals surface area (Å²) in [5.41, 5.74) is 2.91. The van der Waals surface area contributed by atoms with Crippen LogP contribution in [0.2, 0.25) is 0 Å². The third-order valence-electron chi connectivity index (χ3n) is 7.50. The van der Waals surface area contributed by atoms with Crippen LogP contribution in [-0.4, -0.2) is 88.4 Å². The lowest BCUT2D eigenvalue weighted by Crippen LogP contribution is -2.51. The zero-order chi connectivity index (χ0) is 30.4. The summed E-state index contributed by atoms with van der Waals surface area (Å²) < 4.78 is 22.0. The SMILES string of the molecule is CCOC(=O)N1CCN(C(=O)CNc2ccc3c(cc2=O)[C@@H](NC(C)=O)CCc2cc(OC)c(OC)c(OC)c2-3)CC1. The number of amides is 3. The molecule has 0 saturated carbocycles. The van der Waals surface area contributed by atoms with E-state index in [2.05, 4.69) is 10.6 Å². The van der Waals surface area contributed by atoms with Crippen molar-refractivity contribution in [3.8, 4) is 28.4 Å². The Morgan fingerprint density at radius 3 is 2.26 bits per heavy atom. The molecular weight excluding hydrogens is 544 g/mol. The fraction of sp³-hybridized carbons (Fsp3) is 0.467. The molecule has 2 aliphatic rings. The smallest absolute Gasteiger partial charge is 0.409 e. The van der Waals surface area contributed by atoms with Gasteiger partial charge in [0.2, 0.25) is 23.0 Å². The highest BCUT2D eigenvalue weighted by Crippen LogP contribution is 2.50. The predicted octanol–water partition coefficient (Wildman–Crippen LogP) is 2.58. The van der Waals surface area contributed by atoms with Gasteiger partial charge in [-0.3, -0.25) is 14.4 Å². The fourth-order valence-electron chi connectivity index (χ4n) is 5.49. The van der Waals surface area contributed by atoms with Gasteiger partial charge in [0.05, 0.1) is 46.2 Å². The van der Waals surface area contributed by atoms with Crippen LogP contribution in [0.5, 0.6) is 17.2 Å². The van der Waals surface area contributed by atoms with Crippen LogP contribution < -0.4 is 30.3 Å². The van der Waals surface area contributed by atoms with Gasteiger partial charge in [-0.05, 0) is 54.7 Å². The Kier molecular flexibility index (Phi) is 9.76. The predicted molar refractivity (Wildman–Crippen MR) is 156 cm³/mol. The first-order valence-electron chi connectivity index (χ1n) is 13.9. The highest BCUT2D eigenvalue weighted by atomic mass is 16.6. The molecule has 12 heteroatoms. The molecule has 0 aromatic heterocycles. The molecule has 1 atom stereocenters. The number of ether oxygens (including phenoxy) is 4. The number of nitrogens with zero attached hydrogens (tertiary/aromatic N) is 2. The highest BCUT2D eigenvalue weighted by Gasteiger charge is 2.30. The van der Waals surface area contributed by atoms with E-state index in [0.29, 0.717) is 74.0 Å². The molecule has 3 amide bonds. The second-order valence-electron chi connectivity index (χ2n) is 10.0. The normalized spacial score (nSPS) is 15.9. The Bertz CT molecular complexity index is 1400. The number of piperazine rings is 1. The number of nitrogens with one attached hydrogen (secondary N) is 2. The number of aryl methyl sites for hydroxylation is 1. The van der Waals surface area contributed by atoms with Crippen molar-refractivity contribution in [2.45, 2.75) is 32.7 Å². The second kappa shape index (κ2) is 13.5. The maximum Gasteiger partial charge on any atom is 0.409 e. The first-order chi connectivity index (χ1) is 20.2. The maximum atomic E-state index is 13.5. The molecule has 1 aliphatic carbocycles. The van der Waals surface area contributed by atoms with Crippen LogP contribution in [0.25, 0.3) is 11.1 Å². The van der Waals surface area contributed by atoms with Gasteiger partial charge in [0.15, 0.2) is 11.5 Å². The fourth-order valence-corrected chi connectivity index (χ4v) is 5.49. The number of fused-ring (bicyclic) bond motifs is 3. The highest BCUT2D eigenvalue weighted by molar-refractivity contribution is 5.84. The number of carbonyl (C=O) groups is 3. The van der Waals surface area contributed by atoms with Crippen LogP contribution in [0, 0.1) is 0 Å². The zero-order valence-corrected chi connectivity index (χ0v) is 24.7. The Balaban J connectivity index is 1.66. The van der Waals surface area contributed by atoms with Gasteiger partial charge in [0, 0.05) is 38.7 Å². The lowest BCUT2D eigenvalue weighted by molar-refractivity contribution is -0.130. The Morgan fingerprint density at radius 2 is 1.64 bits per heavy atom. The number of carbonyl (C=O) groups excluding carboxylic acids is 3. The molecule has 42 heavy (non-hydrogen) atoms. The van der Waals surface area contributed by atoms with Crippen LogP contribution >= 0.6 is 0 Å². The summed E-state index contributed by atoms with van der Waals surface area (Å²) in [6.07, 6.45) is 0.745. The quantitative estimate of drug-likeness (QED) is 0.481. The number of hydrogen-bond donors (Lipinski definition) is 2. The molecule has 226 valence electrons. The summed E-state index contributed by atoms with van der Waals surface area (Å²) in [4.78, 5) is 53.7. The molecule has 2 N–H and O–H groups in total. The van der Waals surface area contributed by atoms with Crippen LogP contribution in [0.4, 0.5) is 10.5 Å². The van der Waals surface area contributed by atoms with Gasteiger partial charge in [0.1, 0.15) is 0 Å². The first kappa shape index (κ1) is 30.5. The number of rotatable bonds is 8. The zero-order valence-electron chi connectivity index (χ0n) is 24.7. The third kappa shape index (κ3) is 6.37. The molecule has 1 fully saturated rings. The van der Waals surface area contributed by atoms with E-state index in [9.17, 15) is 19.2 Å². The van der Waals surface area contributed by atoms with E-state index < -0.39 is 6.04 Å². The maximum absolute atomic E-state index is 13.5. The van der Waals surface area contributed by atoms with E-state index in [1.807, 2.05) is 6.07 Å². The summed E-state index contributed by atoms with van der Waals surface area (Å²) in [5.74, 6) is 0.989. The molecule has 2 aromatic rings. The first-order valence-corrected chi connectivity index (χ1v) is 13.9. The van der Waals surface area contributed by atoms with Crippen molar-refractivity contribution in [2.24, 2.45) is 0 Å². The Morgan fingerprint density at radius 1 is 0.952 bits per heavy atom. The molecule has 12 nitrogen and oxygen atoms in total. The van der Waals surface area contributed by atoms with Crippen molar-refractivity contribution in [1.82, 2.24) is 15.1 Å². The minimum atomic E-state index is -0.433. The van der Waals surface area contributed by atoms with Crippen molar-refractivity contribution in [1.29, 1.82) is 0 Å². The molecule has 1 saturated heterocycles. The van der Waals surface area contributed by atoms with Gasteiger partial charge >= 0.3 is 6.09 Å². The molecule has 1 aliphatic heterocycles. The van der Waals surface area contributed by atoms with Crippen molar-refractivity contribution in [3.05, 3.63) is 45.6 Å². The molecule has 2 aromatic carbocycles. The lowest BCUT2D eigenvalue weighted by atomic mass is 9.95. The molecule has 1 heterocycles. The van der Waals surface area contributed by atoms with Gasteiger partial charge in [0.25, 0.3) is 0 Å². The average molecular weight is 583 g/mol. The second-order valence-corrected chi connectivity index (χ2v) is 10.0. The third-order valence-corrected chi connectivity index (χ3v) is 7.50. The number of benzene rings is 1. The van der Waals surface area contributed by atoms with Crippen molar-refractivity contribution in [2.75, 3.05) is 66.0 Å². The number of hydrogen-bond acceptors (Lipinski definition) is 9. The monoisotopic (exact) mass is 582 g/mol. The molecule has 0 bridgehead atoms. The lowest BCUT2D eigenvalue weighted by Gasteiger charge is -2.34. The topological polar surface area (TPSA) is 136 Å². The van der Waals surface area contributed by atoms with Crippen molar-refractivity contribution < 1.29 is 33.3 Å². The summed E-state index contributed by atoms with van der Waals surface area (Å²) >= 11 is 0. The Hall–Kier alpha value is -4.48. The average Bonchev–Trinajstić information content (AvgIpc) is 3.23.